The molecule has 2 N–H and O–H groups in total. The molecule has 6 nitrogen and oxygen atoms in total. The molecule has 6 heteroatoms. The second-order valence-electron chi connectivity index (χ2n) is 3.65. The van der Waals surface area contributed by atoms with E-state index in [1.54, 1.807) is 0 Å². The Morgan fingerprint density at radius 3 is 2.00 bits per heavy atom. The first-order chi connectivity index (χ1) is 8.93. The number of nitrogens with zero attached hydrogens (tertiary/aromatic N) is 4. The van der Waals surface area contributed by atoms with Gasteiger partial charge in [-0.1, -0.05) is 36.4 Å². The molecule has 4 rings (SSSR count). The van der Waals surface area contributed by atoms with Gasteiger partial charge in [-0.2, -0.15) is 5.10 Å². The number of fused-ring (bicyclic) bond motifs is 2. The number of benzene rings is 2. The summed E-state index contributed by atoms with van der Waals surface area (Å²) in [7, 11) is 0. The van der Waals surface area contributed by atoms with Crippen LogP contribution in [0.5, 0.6) is 0 Å². The summed E-state index contributed by atoms with van der Waals surface area (Å²) in [5.74, 6) is 0. The monoisotopic (exact) mass is 238 g/mol. The van der Waals surface area contributed by atoms with E-state index in [2.05, 4.69) is 30.8 Å². The standard InChI is InChI=1S/C6H4N6.C6H6/c1-3-5(9-11-7-3)2-6-4(1)8-12-10-6;1-2-4-6-5-3-1/h1-2,7,11H;1-6H. The van der Waals surface area contributed by atoms with Crippen molar-refractivity contribution in [2.75, 3.05) is 0 Å². The molecule has 0 radical (unpaired) electrons. The molecular formula is C12H10N6. The maximum Gasteiger partial charge on any atom is 0.117 e. The van der Waals surface area contributed by atoms with Gasteiger partial charge in [0, 0.05) is 0 Å². The van der Waals surface area contributed by atoms with Gasteiger partial charge in [-0.3, -0.25) is 5.10 Å². The Kier molecular flexibility index (Phi) is 2.67. The molecule has 0 bridgehead atoms. The predicted molar refractivity (Wildman–Crippen MR) is 67.8 cm³/mol. The Hall–Kier alpha value is -2.76. The van der Waals surface area contributed by atoms with E-state index in [9.17, 15) is 0 Å². The molecule has 2 heterocycles. The SMILES string of the molecule is c1c2nnnc2cc2[nH][nH]nc12.c1ccccc1. The third kappa shape index (κ3) is 2.03. The molecule has 2 aromatic carbocycles. The highest BCUT2D eigenvalue weighted by atomic mass is 15.3. The van der Waals surface area contributed by atoms with E-state index in [-0.39, 0.29) is 0 Å². The van der Waals surface area contributed by atoms with Gasteiger partial charge in [-0.15, -0.1) is 10.2 Å². The van der Waals surface area contributed by atoms with Gasteiger partial charge in [-0.25, -0.2) is 5.21 Å². The van der Waals surface area contributed by atoms with E-state index in [1.807, 2.05) is 48.5 Å². The maximum atomic E-state index is 3.97. The van der Waals surface area contributed by atoms with Crippen molar-refractivity contribution in [3.63, 3.8) is 0 Å². The van der Waals surface area contributed by atoms with Crippen LogP contribution in [-0.4, -0.2) is 30.8 Å². The van der Waals surface area contributed by atoms with Crippen LogP contribution in [0.25, 0.3) is 22.1 Å². The molecular weight excluding hydrogens is 228 g/mol. The summed E-state index contributed by atoms with van der Waals surface area (Å²) in [5.41, 5.74) is 3.29. The van der Waals surface area contributed by atoms with Gasteiger partial charge < -0.3 is 0 Å². The van der Waals surface area contributed by atoms with Gasteiger partial charge >= 0.3 is 0 Å². The lowest BCUT2D eigenvalue weighted by molar-refractivity contribution is 0.953. The van der Waals surface area contributed by atoms with Crippen LogP contribution in [0.1, 0.15) is 0 Å². The zero-order valence-corrected chi connectivity index (χ0v) is 9.41. The van der Waals surface area contributed by atoms with Crippen LogP contribution in [0.4, 0.5) is 0 Å². The number of aromatic amines is 2. The van der Waals surface area contributed by atoms with Crippen molar-refractivity contribution in [2.24, 2.45) is 0 Å². The fourth-order valence-corrected chi connectivity index (χ4v) is 1.57. The Morgan fingerprint density at radius 1 is 0.722 bits per heavy atom. The van der Waals surface area contributed by atoms with Crippen LogP contribution in [0.3, 0.4) is 0 Å². The van der Waals surface area contributed by atoms with Crippen molar-refractivity contribution in [1.82, 2.24) is 30.8 Å². The van der Waals surface area contributed by atoms with Crippen LogP contribution in [0.2, 0.25) is 0 Å². The summed E-state index contributed by atoms with van der Waals surface area (Å²) >= 11 is 0. The minimum absolute atomic E-state index is 0.767. The summed E-state index contributed by atoms with van der Waals surface area (Å²) < 4.78 is 0. The number of hydrogen-bond acceptors (Lipinski definition) is 4. The van der Waals surface area contributed by atoms with E-state index in [0.717, 1.165) is 22.1 Å². The fourth-order valence-electron chi connectivity index (χ4n) is 1.57. The molecule has 0 amide bonds. The van der Waals surface area contributed by atoms with E-state index >= 15 is 0 Å². The quantitative estimate of drug-likeness (QED) is 0.490. The van der Waals surface area contributed by atoms with E-state index in [4.69, 9.17) is 0 Å². The second kappa shape index (κ2) is 4.62. The zero-order valence-electron chi connectivity index (χ0n) is 9.41. The highest BCUT2D eigenvalue weighted by Crippen LogP contribution is 2.14. The Balaban J connectivity index is 0.000000142. The second-order valence-corrected chi connectivity index (χ2v) is 3.65. The normalized spacial score (nSPS) is 10.2. The Morgan fingerprint density at radius 2 is 1.33 bits per heavy atom. The van der Waals surface area contributed by atoms with Crippen molar-refractivity contribution in [2.45, 2.75) is 0 Å². The fraction of sp³-hybridized carbons (Fsp3) is 0. The molecule has 0 saturated heterocycles. The molecule has 0 atom stereocenters. The maximum absolute atomic E-state index is 3.97. The average Bonchev–Trinajstić information content (AvgIpc) is 3.06. The highest BCUT2D eigenvalue weighted by molar-refractivity contribution is 5.89. The summed E-state index contributed by atoms with van der Waals surface area (Å²) in [4.78, 5) is 0. The Labute approximate surface area is 102 Å². The van der Waals surface area contributed by atoms with E-state index in [1.165, 1.54) is 0 Å². The summed E-state index contributed by atoms with van der Waals surface area (Å²) in [6.07, 6.45) is 0. The van der Waals surface area contributed by atoms with E-state index < -0.39 is 0 Å². The average molecular weight is 238 g/mol. The van der Waals surface area contributed by atoms with Gasteiger partial charge in [0.1, 0.15) is 16.6 Å². The first kappa shape index (κ1) is 10.4. The molecule has 0 saturated carbocycles. The number of H-pyrrole nitrogens is 2. The molecule has 0 aliphatic heterocycles. The summed E-state index contributed by atoms with van der Waals surface area (Å²) in [5, 5.41) is 20.7. The molecule has 0 spiro atoms. The van der Waals surface area contributed by atoms with Crippen molar-refractivity contribution in [3.05, 3.63) is 48.5 Å². The number of aromatic nitrogens is 6. The van der Waals surface area contributed by atoms with Gasteiger partial charge in [0.05, 0.1) is 5.52 Å². The van der Waals surface area contributed by atoms with Crippen molar-refractivity contribution >= 4 is 22.1 Å². The molecule has 0 aliphatic carbocycles. The third-order valence-electron chi connectivity index (χ3n) is 2.43. The first-order valence-corrected chi connectivity index (χ1v) is 5.45. The molecule has 0 unspecified atom stereocenters. The van der Waals surface area contributed by atoms with Gasteiger partial charge in [0.25, 0.3) is 0 Å². The van der Waals surface area contributed by atoms with Crippen LogP contribution < -0.4 is 0 Å². The largest absolute Gasteiger partial charge is 0.283 e. The minimum Gasteiger partial charge on any atom is -0.283 e. The predicted octanol–water partition coefficient (Wildman–Crippen LogP) is 1.92. The molecule has 2 aromatic heterocycles. The number of nitrogens with one attached hydrogen (secondary N) is 2. The van der Waals surface area contributed by atoms with Crippen molar-refractivity contribution in [3.8, 4) is 0 Å². The van der Waals surface area contributed by atoms with Crippen LogP contribution in [0.15, 0.2) is 48.5 Å². The molecule has 18 heavy (non-hydrogen) atoms. The molecule has 4 aromatic rings. The van der Waals surface area contributed by atoms with Crippen LogP contribution in [0, 0.1) is 0 Å². The Bertz CT molecular complexity index is 625. The summed E-state index contributed by atoms with van der Waals surface area (Å²) in [6, 6.07) is 15.7. The molecule has 0 aliphatic rings. The highest BCUT2D eigenvalue weighted by Gasteiger charge is 2.02. The van der Waals surface area contributed by atoms with Crippen molar-refractivity contribution < 1.29 is 0 Å². The summed E-state index contributed by atoms with van der Waals surface area (Å²) in [6.45, 7) is 0. The van der Waals surface area contributed by atoms with Crippen molar-refractivity contribution in [1.29, 1.82) is 0 Å². The van der Waals surface area contributed by atoms with Gasteiger partial charge in [0.15, 0.2) is 0 Å². The lowest BCUT2D eigenvalue weighted by Gasteiger charge is -1.84. The first-order valence-electron chi connectivity index (χ1n) is 5.45. The lowest BCUT2D eigenvalue weighted by Crippen LogP contribution is -1.71. The third-order valence-corrected chi connectivity index (χ3v) is 2.43. The smallest absolute Gasteiger partial charge is 0.117 e. The van der Waals surface area contributed by atoms with Crippen LogP contribution in [-0.2, 0) is 0 Å². The molecule has 88 valence electrons. The van der Waals surface area contributed by atoms with Gasteiger partial charge in [0.2, 0.25) is 0 Å². The zero-order chi connectivity index (χ0) is 12.2. The lowest BCUT2D eigenvalue weighted by atomic mass is 10.3. The molecule has 0 fully saturated rings. The minimum atomic E-state index is 0.767. The van der Waals surface area contributed by atoms with E-state index in [0.29, 0.717) is 0 Å². The topological polar surface area (TPSA) is 83.1 Å². The number of hydrogen-bond donors (Lipinski definition) is 2. The van der Waals surface area contributed by atoms with Crippen LogP contribution >= 0.6 is 0 Å². The number of rotatable bonds is 0. The van der Waals surface area contributed by atoms with Gasteiger partial charge in [-0.05, 0) is 17.3 Å².